The lowest BCUT2D eigenvalue weighted by Crippen LogP contribution is -2.22. The van der Waals surface area contributed by atoms with Gasteiger partial charge in [-0.25, -0.2) is 4.98 Å². The molecule has 0 aromatic carbocycles. The smallest absolute Gasteiger partial charge is 0.403 e. The van der Waals surface area contributed by atoms with Gasteiger partial charge in [-0.3, -0.25) is 0 Å². The fourth-order valence-electron chi connectivity index (χ4n) is 1.17. The van der Waals surface area contributed by atoms with Gasteiger partial charge < -0.3 is 9.84 Å². The van der Waals surface area contributed by atoms with Gasteiger partial charge in [0.25, 0.3) is 0 Å². The highest BCUT2D eigenvalue weighted by Gasteiger charge is 2.42. The van der Waals surface area contributed by atoms with Crippen molar-refractivity contribution in [2.75, 3.05) is 0 Å². The summed E-state index contributed by atoms with van der Waals surface area (Å²) in [5.74, 6) is -1.49. The number of aliphatic hydroxyl groups excluding tert-OH is 1. The largest absolute Gasteiger partial charge is 0.573 e. The van der Waals surface area contributed by atoms with E-state index in [2.05, 4.69) is 9.72 Å². The molecular formula is C8H4F6INO2. The highest BCUT2D eigenvalue weighted by Crippen LogP contribution is 2.41. The Morgan fingerprint density at radius 2 is 1.78 bits per heavy atom. The van der Waals surface area contributed by atoms with Gasteiger partial charge in [-0.1, -0.05) is 0 Å². The molecule has 0 radical (unpaired) electrons. The van der Waals surface area contributed by atoms with Crippen LogP contribution in [0.4, 0.5) is 26.3 Å². The first kappa shape index (κ1) is 15.3. The third kappa shape index (κ3) is 3.60. The molecule has 0 aliphatic rings. The molecule has 0 spiro atoms. The van der Waals surface area contributed by atoms with Gasteiger partial charge in [-0.15, -0.1) is 13.2 Å². The summed E-state index contributed by atoms with van der Waals surface area (Å²) in [7, 11) is 0. The van der Waals surface area contributed by atoms with Gasteiger partial charge in [-0.05, 0) is 22.6 Å². The molecule has 0 aliphatic heterocycles. The molecule has 102 valence electrons. The Morgan fingerprint density at radius 1 is 1.22 bits per heavy atom. The van der Waals surface area contributed by atoms with Gasteiger partial charge in [0, 0.05) is 5.56 Å². The maximum Gasteiger partial charge on any atom is 0.573 e. The van der Waals surface area contributed by atoms with E-state index in [0.29, 0.717) is 6.20 Å². The van der Waals surface area contributed by atoms with Crippen molar-refractivity contribution in [3.05, 3.63) is 21.0 Å². The van der Waals surface area contributed by atoms with Crippen molar-refractivity contribution in [1.29, 1.82) is 0 Å². The van der Waals surface area contributed by atoms with E-state index in [1.54, 1.807) is 0 Å². The van der Waals surface area contributed by atoms with Crippen molar-refractivity contribution in [2.24, 2.45) is 0 Å². The molecule has 0 bridgehead atoms. The standard InChI is InChI=1S/C8H4F6INO2/c9-7(10,11)5-3(2-17)6(15)16-1-4(5)18-8(12,13)14/h1,17H,2H2. The Kier molecular flexibility index (Phi) is 4.30. The van der Waals surface area contributed by atoms with Crippen LogP contribution in [0.1, 0.15) is 11.1 Å². The first-order valence-corrected chi connectivity index (χ1v) is 5.25. The van der Waals surface area contributed by atoms with Crippen molar-refractivity contribution in [1.82, 2.24) is 4.98 Å². The number of alkyl halides is 6. The van der Waals surface area contributed by atoms with E-state index in [4.69, 9.17) is 5.11 Å². The first-order chi connectivity index (χ1) is 8.06. The molecule has 0 atom stereocenters. The number of nitrogens with zero attached hydrogens (tertiary/aromatic N) is 1. The maximum absolute atomic E-state index is 12.7. The fraction of sp³-hybridized carbons (Fsp3) is 0.375. The monoisotopic (exact) mass is 387 g/mol. The molecular weight excluding hydrogens is 383 g/mol. The molecule has 0 unspecified atom stereocenters. The van der Waals surface area contributed by atoms with Gasteiger partial charge in [0.05, 0.1) is 12.8 Å². The zero-order valence-corrected chi connectivity index (χ0v) is 10.4. The summed E-state index contributed by atoms with van der Waals surface area (Å²) >= 11 is 1.37. The molecule has 1 N–H and O–H groups in total. The normalized spacial score (nSPS) is 12.7. The van der Waals surface area contributed by atoms with Crippen LogP contribution >= 0.6 is 22.6 Å². The van der Waals surface area contributed by atoms with Gasteiger partial charge in [0.1, 0.15) is 9.26 Å². The number of aromatic nitrogens is 1. The third-order valence-electron chi connectivity index (χ3n) is 1.76. The van der Waals surface area contributed by atoms with Crippen LogP contribution in [0.15, 0.2) is 6.20 Å². The predicted octanol–water partition coefficient (Wildman–Crippen LogP) is 3.10. The molecule has 0 saturated heterocycles. The summed E-state index contributed by atoms with van der Waals surface area (Å²) in [6.07, 6.45) is -10.1. The van der Waals surface area contributed by atoms with Crippen molar-refractivity contribution in [2.45, 2.75) is 19.1 Å². The van der Waals surface area contributed by atoms with Gasteiger partial charge in [0.2, 0.25) is 0 Å². The lowest BCUT2D eigenvalue weighted by atomic mass is 10.1. The van der Waals surface area contributed by atoms with Crippen molar-refractivity contribution < 1.29 is 36.2 Å². The van der Waals surface area contributed by atoms with E-state index in [0.717, 1.165) is 0 Å². The highest BCUT2D eigenvalue weighted by molar-refractivity contribution is 14.1. The predicted molar refractivity (Wildman–Crippen MR) is 54.6 cm³/mol. The molecule has 18 heavy (non-hydrogen) atoms. The fourth-order valence-corrected chi connectivity index (χ4v) is 1.75. The molecule has 1 aromatic rings. The molecule has 1 rings (SSSR count). The van der Waals surface area contributed by atoms with Crippen LogP contribution in [0, 0.1) is 3.70 Å². The lowest BCUT2D eigenvalue weighted by molar-refractivity contribution is -0.276. The van der Waals surface area contributed by atoms with E-state index in [9.17, 15) is 26.3 Å². The molecule has 10 heteroatoms. The Morgan fingerprint density at radius 3 is 2.17 bits per heavy atom. The Hall–Kier alpha value is -0.780. The minimum absolute atomic E-state index is 0.253. The third-order valence-corrected chi connectivity index (χ3v) is 2.69. The SMILES string of the molecule is OCc1c(I)ncc(OC(F)(F)F)c1C(F)(F)F. The molecule has 0 fully saturated rings. The summed E-state index contributed by atoms with van der Waals surface area (Å²) in [5, 5.41) is 8.80. The number of halogens is 7. The van der Waals surface area contributed by atoms with E-state index in [1.165, 1.54) is 22.6 Å². The minimum atomic E-state index is -5.28. The van der Waals surface area contributed by atoms with E-state index in [-0.39, 0.29) is 3.70 Å². The van der Waals surface area contributed by atoms with Crippen LogP contribution in [0.5, 0.6) is 5.75 Å². The van der Waals surface area contributed by atoms with E-state index < -0.39 is 36.0 Å². The zero-order chi connectivity index (χ0) is 14.1. The Labute approximate surface area is 110 Å². The number of pyridine rings is 1. The molecule has 3 nitrogen and oxygen atoms in total. The second-order valence-electron chi connectivity index (χ2n) is 2.97. The van der Waals surface area contributed by atoms with Crippen LogP contribution in [0.2, 0.25) is 0 Å². The summed E-state index contributed by atoms with van der Waals surface area (Å²) in [6.45, 7) is -1.10. The number of rotatable bonds is 2. The van der Waals surface area contributed by atoms with Crippen LogP contribution in [0.3, 0.4) is 0 Å². The number of hydrogen-bond acceptors (Lipinski definition) is 3. The van der Waals surface area contributed by atoms with Crippen molar-refractivity contribution in [3.63, 3.8) is 0 Å². The minimum Gasteiger partial charge on any atom is -0.403 e. The van der Waals surface area contributed by atoms with Gasteiger partial charge in [0.15, 0.2) is 5.75 Å². The summed E-state index contributed by atoms with van der Waals surface area (Å²) in [5.41, 5.74) is -2.44. The Bertz CT molecular complexity index is 444. The topological polar surface area (TPSA) is 42.4 Å². The molecule has 0 amide bonds. The van der Waals surface area contributed by atoms with Crippen LogP contribution in [0.25, 0.3) is 0 Å². The van der Waals surface area contributed by atoms with Crippen LogP contribution in [-0.4, -0.2) is 16.5 Å². The highest BCUT2D eigenvalue weighted by atomic mass is 127. The van der Waals surface area contributed by atoms with Crippen molar-refractivity contribution >= 4 is 22.6 Å². The summed E-state index contributed by atoms with van der Waals surface area (Å²) in [4.78, 5) is 3.31. The number of hydrogen-bond donors (Lipinski definition) is 1. The molecule has 1 heterocycles. The second kappa shape index (κ2) is 5.07. The lowest BCUT2D eigenvalue weighted by Gasteiger charge is -2.18. The first-order valence-electron chi connectivity index (χ1n) is 4.17. The molecule has 0 aliphatic carbocycles. The van der Waals surface area contributed by atoms with E-state index >= 15 is 0 Å². The van der Waals surface area contributed by atoms with Crippen LogP contribution < -0.4 is 4.74 Å². The van der Waals surface area contributed by atoms with Crippen LogP contribution in [-0.2, 0) is 12.8 Å². The Balaban J connectivity index is 3.43. The average molecular weight is 387 g/mol. The summed E-state index contributed by atoms with van der Waals surface area (Å²) < 4.78 is 76.9. The summed E-state index contributed by atoms with van der Waals surface area (Å²) in [6, 6.07) is 0. The number of aliphatic hydroxyl groups is 1. The van der Waals surface area contributed by atoms with E-state index in [1.807, 2.05) is 0 Å². The second-order valence-corrected chi connectivity index (χ2v) is 3.99. The number of ether oxygens (including phenoxy) is 1. The molecule has 1 aromatic heterocycles. The quantitative estimate of drug-likeness (QED) is 0.482. The van der Waals surface area contributed by atoms with Crippen molar-refractivity contribution in [3.8, 4) is 5.75 Å². The van der Waals surface area contributed by atoms with Gasteiger partial charge >= 0.3 is 12.5 Å². The maximum atomic E-state index is 12.7. The zero-order valence-electron chi connectivity index (χ0n) is 8.23. The van der Waals surface area contributed by atoms with Gasteiger partial charge in [-0.2, -0.15) is 13.2 Å². The average Bonchev–Trinajstić information content (AvgIpc) is 2.16. The molecule has 0 saturated carbocycles.